The fourth-order valence-corrected chi connectivity index (χ4v) is 4.76. The molecule has 0 bridgehead atoms. The summed E-state index contributed by atoms with van der Waals surface area (Å²) in [5.74, 6) is -0.884. The van der Waals surface area contributed by atoms with Gasteiger partial charge in [0.2, 0.25) is 0 Å². The van der Waals surface area contributed by atoms with Crippen LogP contribution < -0.4 is 0 Å². The average molecular weight is 411 g/mol. The molecule has 4 unspecified atom stereocenters. The molecule has 1 N–H and O–H groups in total. The normalized spacial score (nSPS) is 21.5. The van der Waals surface area contributed by atoms with E-state index < -0.39 is 5.97 Å². The molecule has 1 fully saturated rings. The third kappa shape index (κ3) is 11.1. The van der Waals surface area contributed by atoms with Crippen LogP contribution in [-0.2, 0) is 14.3 Å². The van der Waals surface area contributed by atoms with Gasteiger partial charge in [0.1, 0.15) is 6.10 Å². The van der Waals surface area contributed by atoms with Gasteiger partial charge in [-0.25, -0.2) is 0 Å². The molecule has 170 valence electrons. The monoisotopic (exact) mass is 410 g/mol. The molecule has 0 amide bonds. The van der Waals surface area contributed by atoms with Crippen molar-refractivity contribution in [2.45, 2.75) is 130 Å². The summed E-state index contributed by atoms with van der Waals surface area (Å²) in [4.78, 5) is 24.2. The molecule has 0 aromatic carbocycles. The van der Waals surface area contributed by atoms with E-state index >= 15 is 0 Å². The summed E-state index contributed by atoms with van der Waals surface area (Å²) in [7, 11) is 0. The molecule has 29 heavy (non-hydrogen) atoms. The first kappa shape index (κ1) is 26.0. The second kappa shape index (κ2) is 15.7. The van der Waals surface area contributed by atoms with E-state index in [0.717, 1.165) is 32.1 Å². The van der Waals surface area contributed by atoms with Crippen LogP contribution in [-0.4, -0.2) is 23.1 Å². The molecule has 4 heteroatoms. The second-order valence-electron chi connectivity index (χ2n) is 9.19. The van der Waals surface area contributed by atoms with Crippen LogP contribution in [0.5, 0.6) is 0 Å². The zero-order chi connectivity index (χ0) is 21.5. The molecule has 0 aromatic heterocycles. The molecular weight excluding hydrogens is 364 g/mol. The number of carboxylic acid groups (broad SMARTS) is 1. The highest BCUT2D eigenvalue weighted by Crippen LogP contribution is 2.32. The van der Waals surface area contributed by atoms with E-state index in [-0.39, 0.29) is 23.9 Å². The smallest absolute Gasteiger partial charge is 0.309 e. The molecule has 4 nitrogen and oxygen atoms in total. The minimum absolute atomic E-state index is 0.00253. The van der Waals surface area contributed by atoms with Crippen molar-refractivity contribution in [1.82, 2.24) is 0 Å². The number of carbonyl (C=O) groups is 2. The lowest BCUT2D eigenvalue weighted by molar-refractivity contribution is -0.158. The van der Waals surface area contributed by atoms with Crippen molar-refractivity contribution in [3.63, 3.8) is 0 Å². The van der Waals surface area contributed by atoms with Crippen LogP contribution in [0.25, 0.3) is 0 Å². The largest absolute Gasteiger partial charge is 0.481 e. The first-order valence-corrected chi connectivity index (χ1v) is 12.4. The zero-order valence-electron chi connectivity index (χ0n) is 19.3. The number of hydrogen-bond acceptors (Lipinski definition) is 3. The Labute approximate surface area is 179 Å². The fourth-order valence-electron chi connectivity index (χ4n) is 4.76. The molecule has 1 saturated carbocycles. The summed E-state index contributed by atoms with van der Waals surface area (Å²) < 4.78 is 6.05. The van der Waals surface area contributed by atoms with Gasteiger partial charge < -0.3 is 9.84 Å². The standard InChI is InChI=1S/C25H46O4/c1-4-7-9-11-17-23(18-20(13-6-3)14-10-8-5-2)29-25(28)22-16-12-15-21(19-22)24(26)27/h20-23H,4-19H2,1-3H3,(H,26,27). The zero-order valence-corrected chi connectivity index (χ0v) is 19.3. The molecule has 0 saturated heterocycles. The van der Waals surface area contributed by atoms with Gasteiger partial charge in [-0.1, -0.05) is 85.0 Å². The van der Waals surface area contributed by atoms with Crippen molar-refractivity contribution in [2.24, 2.45) is 17.8 Å². The summed E-state index contributed by atoms with van der Waals surface area (Å²) in [5.41, 5.74) is 0. The van der Waals surface area contributed by atoms with Gasteiger partial charge in [-0.2, -0.15) is 0 Å². The number of unbranched alkanes of at least 4 members (excludes halogenated alkanes) is 5. The molecule has 0 aromatic rings. The quantitative estimate of drug-likeness (QED) is 0.217. The SMILES string of the molecule is CCCCCCC(CC(CCC)CCCCC)OC(=O)C1CCCC(C(=O)O)C1. The fraction of sp³-hybridized carbons (Fsp3) is 0.920. The van der Waals surface area contributed by atoms with Crippen molar-refractivity contribution in [2.75, 3.05) is 0 Å². The molecule has 4 atom stereocenters. The highest BCUT2D eigenvalue weighted by Gasteiger charge is 2.33. The lowest BCUT2D eigenvalue weighted by Gasteiger charge is -2.29. The predicted octanol–water partition coefficient (Wildman–Crippen LogP) is 7.15. The summed E-state index contributed by atoms with van der Waals surface area (Å²) in [5, 5.41) is 9.31. The van der Waals surface area contributed by atoms with Crippen LogP contribution in [0.4, 0.5) is 0 Å². The van der Waals surface area contributed by atoms with Gasteiger partial charge >= 0.3 is 11.9 Å². The lowest BCUT2D eigenvalue weighted by atomic mass is 9.81. The Morgan fingerprint density at radius 1 is 0.862 bits per heavy atom. The van der Waals surface area contributed by atoms with Crippen molar-refractivity contribution in [1.29, 1.82) is 0 Å². The Morgan fingerprint density at radius 2 is 1.52 bits per heavy atom. The van der Waals surface area contributed by atoms with Gasteiger partial charge in [0, 0.05) is 0 Å². The van der Waals surface area contributed by atoms with Crippen LogP contribution >= 0.6 is 0 Å². The predicted molar refractivity (Wildman–Crippen MR) is 119 cm³/mol. The number of hydrogen-bond donors (Lipinski definition) is 1. The van der Waals surface area contributed by atoms with Gasteiger partial charge in [-0.05, 0) is 44.4 Å². The van der Waals surface area contributed by atoms with Crippen LogP contribution in [0, 0.1) is 17.8 Å². The van der Waals surface area contributed by atoms with Gasteiger partial charge in [-0.3, -0.25) is 9.59 Å². The average Bonchev–Trinajstić information content (AvgIpc) is 2.71. The first-order chi connectivity index (χ1) is 14.0. The van der Waals surface area contributed by atoms with Gasteiger partial charge in [0.15, 0.2) is 0 Å². The number of aliphatic carboxylic acids is 1. The maximum Gasteiger partial charge on any atom is 0.309 e. The Hall–Kier alpha value is -1.06. The van der Waals surface area contributed by atoms with E-state index in [1.165, 1.54) is 57.8 Å². The van der Waals surface area contributed by atoms with Crippen molar-refractivity contribution >= 4 is 11.9 Å². The maximum absolute atomic E-state index is 12.9. The number of esters is 1. The minimum atomic E-state index is -0.766. The van der Waals surface area contributed by atoms with Crippen molar-refractivity contribution < 1.29 is 19.4 Å². The van der Waals surface area contributed by atoms with E-state index in [2.05, 4.69) is 20.8 Å². The molecule has 1 aliphatic carbocycles. The minimum Gasteiger partial charge on any atom is -0.481 e. The third-order valence-electron chi connectivity index (χ3n) is 6.53. The van der Waals surface area contributed by atoms with E-state index in [4.69, 9.17) is 4.74 Å². The molecule has 0 aliphatic heterocycles. The highest BCUT2D eigenvalue weighted by molar-refractivity contribution is 5.75. The van der Waals surface area contributed by atoms with E-state index in [0.29, 0.717) is 18.8 Å². The van der Waals surface area contributed by atoms with Crippen LogP contribution in [0.1, 0.15) is 124 Å². The van der Waals surface area contributed by atoms with E-state index in [1.807, 2.05) is 0 Å². The topological polar surface area (TPSA) is 63.6 Å². The lowest BCUT2D eigenvalue weighted by Crippen LogP contribution is -2.31. The highest BCUT2D eigenvalue weighted by atomic mass is 16.5. The number of rotatable bonds is 16. The number of carboxylic acids is 1. The second-order valence-corrected chi connectivity index (χ2v) is 9.19. The Bertz CT molecular complexity index is 448. The molecule has 0 spiro atoms. The van der Waals surface area contributed by atoms with Crippen LogP contribution in [0.2, 0.25) is 0 Å². The summed E-state index contributed by atoms with van der Waals surface area (Å²) in [6.07, 6.45) is 16.8. The number of carbonyl (C=O) groups excluding carboxylic acids is 1. The molecule has 0 heterocycles. The van der Waals surface area contributed by atoms with Crippen molar-refractivity contribution in [3.8, 4) is 0 Å². The van der Waals surface area contributed by atoms with Crippen molar-refractivity contribution in [3.05, 3.63) is 0 Å². The molecule has 0 radical (unpaired) electrons. The summed E-state index contributed by atoms with van der Waals surface area (Å²) in [6.45, 7) is 6.69. The van der Waals surface area contributed by atoms with E-state index in [1.54, 1.807) is 0 Å². The molecule has 1 rings (SSSR count). The third-order valence-corrected chi connectivity index (χ3v) is 6.53. The Morgan fingerprint density at radius 3 is 2.17 bits per heavy atom. The first-order valence-electron chi connectivity index (χ1n) is 12.4. The van der Waals surface area contributed by atoms with Crippen LogP contribution in [0.3, 0.4) is 0 Å². The molecular formula is C25H46O4. The van der Waals surface area contributed by atoms with Crippen LogP contribution in [0.15, 0.2) is 0 Å². The molecule has 1 aliphatic rings. The number of ether oxygens (including phenoxy) is 1. The van der Waals surface area contributed by atoms with Gasteiger partial charge in [0.05, 0.1) is 11.8 Å². The van der Waals surface area contributed by atoms with Gasteiger partial charge in [0.25, 0.3) is 0 Å². The maximum atomic E-state index is 12.9. The van der Waals surface area contributed by atoms with Gasteiger partial charge in [-0.15, -0.1) is 0 Å². The van der Waals surface area contributed by atoms with E-state index in [9.17, 15) is 14.7 Å². The Balaban J connectivity index is 2.65. The Kier molecular flexibility index (Phi) is 14.1. The summed E-state index contributed by atoms with van der Waals surface area (Å²) in [6, 6.07) is 0. The summed E-state index contributed by atoms with van der Waals surface area (Å²) >= 11 is 0.